The number of carbonyl (C=O) groups excluding carboxylic acids is 1. The fourth-order valence-electron chi connectivity index (χ4n) is 4.05. The molecule has 0 radical (unpaired) electrons. The van der Waals surface area contributed by atoms with E-state index in [1.54, 1.807) is 6.20 Å². The van der Waals surface area contributed by atoms with Crippen LogP contribution in [0.1, 0.15) is 53.0 Å². The number of benzene rings is 2. The van der Waals surface area contributed by atoms with E-state index < -0.39 is 0 Å². The number of piperidine rings is 1. The van der Waals surface area contributed by atoms with Crippen molar-refractivity contribution in [2.45, 2.75) is 31.7 Å². The van der Waals surface area contributed by atoms with Crippen LogP contribution < -0.4 is 0 Å². The quantitative estimate of drug-likeness (QED) is 0.560. The first kappa shape index (κ1) is 17.7. The molecule has 1 saturated heterocycles. The standard InChI is InChI=1S/C23H22N4O2/c28-23(21-18-10-4-5-11-19(18)25-26-21)27-13-7-6-12-20(27)22-24-15-17(29-22)14-16-8-2-1-3-9-16/h1-5,8-11,15,20H,6-7,12-14H2,(H,25,26). The van der Waals surface area contributed by atoms with E-state index in [9.17, 15) is 4.79 Å². The molecule has 6 nitrogen and oxygen atoms in total. The maximum Gasteiger partial charge on any atom is 0.275 e. The molecule has 0 aliphatic carbocycles. The third-order valence-corrected chi connectivity index (χ3v) is 5.51. The number of amides is 1. The van der Waals surface area contributed by atoms with Crippen LogP contribution in [0.25, 0.3) is 10.9 Å². The topological polar surface area (TPSA) is 75.0 Å². The van der Waals surface area contributed by atoms with Crippen LogP contribution >= 0.6 is 0 Å². The molecular formula is C23H22N4O2. The Morgan fingerprint density at radius 1 is 1.10 bits per heavy atom. The number of oxazole rings is 1. The van der Waals surface area contributed by atoms with E-state index >= 15 is 0 Å². The molecule has 3 heterocycles. The number of hydrogen-bond donors (Lipinski definition) is 1. The smallest absolute Gasteiger partial charge is 0.275 e. The summed E-state index contributed by atoms with van der Waals surface area (Å²) in [5.41, 5.74) is 2.50. The van der Waals surface area contributed by atoms with Gasteiger partial charge in [-0.25, -0.2) is 4.98 Å². The van der Waals surface area contributed by atoms with Crippen molar-refractivity contribution in [2.24, 2.45) is 0 Å². The van der Waals surface area contributed by atoms with Gasteiger partial charge in [0.2, 0.25) is 5.89 Å². The number of nitrogens with one attached hydrogen (secondary N) is 1. The molecule has 1 fully saturated rings. The lowest BCUT2D eigenvalue weighted by Gasteiger charge is -2.33. The van der Waals surface area contributed by atoms with E-state index in [1.165, 1.54) is 5.56 Å². The normalized spacial score (nSPS) is 17.0. The minimum atomic E-state index is -0.156. The molecule has 1 unspecified atom stereocenters. The van der Waals surface area contributed by atoms with Crippen molar-refractivity contribution >= 4 is 16.8 Å². The van der Waals surface area contributed by atoms with Gasteiger partial charge < -0.3 is 9.32 Å². The molecule has 146 valence electrons. The highest BCUT2D eigenvalue weighted by molar-refractivity contribution is 6.04. The van der Waals surface area contributed by atoms with Crippen LogP contribution in [0.15, 0.2) is 65.2 Å². The summed E-state index contributed by atoms with van der Waals surface area (Å²) in [4.78, 5) is 19.7. The first-order valence-corrected chi connectivity index (χ1v) is 10.0. The van der Waals surface area contributed by atoms with E-state index in [-0.39, 0.29) is 11.9 Å². The molecule has 1 N–H and O–H groups in total. The Labute approximate surface area is 168 Å². The highest BCUT2D eigenvalue weighted by atomic mass is 16.4. The summed E-state index contributed by atoms with van der Waals surface area (Å²) in [6.07, 6.45) is 5.34. The van der Waals surface area contributed by atoms with Gasteiger partial charge in [-0.1, -0.05) is 48.5 Å². The third kappa shape index (κ3) is 3.42. The van der Waals surface area contributed by atoms with Crippen LogP contribution in [0.5, 0.6) is 0 Å². The van der Waals surface area contributed by atoms with Gasteiger partial charge in [0, 0.05) is 18.4 Å². The predicted octanol–water partition coefficient (Wildman–Crippen LogP) is 4.51. The summed E-state index contributed by atoms with van der Waals surface area (Å²) in [7, 11) is 0. The first-order valence-electron chi connectivity index (χ1n) is 10.0. The molecule has 0 bridgehead atoms. The summed E-state index contributed by atoms with van der Waals surface area (Å²) >= 11 is 0. The SMILES string of the molecule is O=C(c1n[nH]c2ccccc12)N1CCCCC1c1ncc(Cc2ccccc2)o1. The van der Waals surface area contributed by atoms with Crippen molar-refractivity contribution < 1.29 is 9.21 Å². The van der Waals surface area contributed by atoms with Gasteiger partial charge in [0.25, 0.3) is 5.91 Å². The van der Waals surface area contributed by atoms with Gasteiger partial charge in [0.15, 0.2) is 5.69 Å². The number of aromatic nitrogens is 3. The summed E-state index contributed by atoms with van der Waals surface area (Å²) in [6.45, 7) is 0.682. The number of carbonyl (C=O) groups is 1. The van der Waals surface area contributed by atoms with Crippen molar-refractivity contribution in [1.82, 2.24) is 20.1 Å². The average molecular weight is 386 g/mol. The fraction of sp³-hybridized carbons (Fsp3) is 0.261. The number of H-pyrrole nitrogens is 1. The number of para-hydroxylation sites is 1. The molecule has 1 atom stereocenters. The highest BCUT2D eigenvalue weighted by Gasteiger charge is 2.33. The van der Waals surface area contributed by atoms with Gasteiger partial charge in [-0.05, 0) is 30.9 Å². The molecule has 1 aliphatic heterocycles. The number of likely N-dealkylation sites (tertiary alicyclic amines) is 1. The van der Waals surface area contributed by atoms with Crippen LogP contribution in [0.3, 0.4) is 0 Å². The zero-order valence-electron chi connectivity index (χ0n) is 16.0. The van der Waals surface area contributed by atoms with Gasteiger partial charge in [-0.3, -0.25) is 9.89 Å². The molecule has 5 rings (SSSR count). The van der Waals surface area contributed by atoms with Crippen molar-refractivity contribution in [3.8, 4) is 0 Å². The Bertz CT molecular complexity index is 1130. The minimum Gasteiger partial charge on any atom is -0.443 e. The van der Waals surface area contributed by atoms with Crippen LogP contribution in [-0.2, 0) is 6.42 Å². The monoisotopic (exact) mass is 386 g/mol. The highest BCUT2D eigenvalue weighted by Crippen LogP contribution is 2.33. The molecule has 2 aromatic heterocycles. The van der Waals surface area contributed by atoms with Crippen molar-refractivity contribution in [2.75, 3.05) is 6.54 Å². The van der Waals surface area contributed by atoms with Gasteiger partial charge in [-0.2, -0.15) is 5.10 Å². The molecule has 4 aromatic rings. The second-order valence-corrected chi connectivity index (χ2v) is 7.46. The zero-order valence-corrected chi connectivity index (χ0v) is 16.0. The molecule has 1 amide bonds. The zero-order chi connectivity index (χ0) is 19.6. The maximum atomic E-state index is 13.3. The van der Waals surface area contributed by atoms with Gasteiger partial charge in [-0.15, -0.1) is 0 Å². The fourth-order valence-corrected chi connectivity index (χ4v) is 4.05. The Kier molecular flexibility index (Phi) is 4.60. The van der Waals surface area contributed by atoms with Crippen molar-refractivity contribution in [3.05, 3.63) is 83.7 Å². The van der Waals surface area contributed by atoms with Crippen LogP contribution in [-0.4, -0.2) is 32.5 Å². The van der Waals surface area contributed by atoms with E-state index in [2.05, 4.69) is 27.3 Å². The van der Waals surface area contributed by atoms with E-state index in [0.717, 1.165) is 35.9 Å². The van der Waals surface area contributed by atoms with E-state index in [4.69, 9.17) is 4.42 Å². The molecule has 29 heavy (non-hydrogen) atoms. The Morgan fingerprint density at radius 3 is 2.83 bits per heavy atom. The summed E-state index contributed by atoms with van der Waals surface area (Å²) in [5, 5.41) is 8.10. The average Bonchev–Trinajstić information content (AvgIpc) is 3.41. The number of rotatable bonds is 4. The lowest BCUT2D eigenvalue weighted by atomic mass is 10.0. The Hall–Kier alpha value is -3.41. The second kappa shape index (κ2) is 7.54. The molecule has 2 aromatic carbocycles. The van der Waals surface area contributed by atoms with Gasteiger partial charge in [0.1, 0.15) is 11.8 Å². The molecule has 1 aliphatic rings. The molecular weight excluding hydrogens is 364 g/mol. The molecule has 0 saturated carbocycles. The summed E-state index contributed by atoms with van der Waals surface area (Å²) < 4.78 is 6.08. The van der Waals surface area contributed by atoms with E-state index in [0.29, 0.717) is 24.6 Å². The lowest BCUT2D eigenvalue weighted by Crippen LogP contribution is -2.39. The van der Waals surface area contributed by atoms with Crippen molar-refractivity contribution in [1.29, 1.82) is 0 Å². The lowest BCUT2D eigenvalue weighted by molar-refractivity contribution is 0.0566. The molecule has 6 heteroatoms. The summed E-state index contributed by atoms with van der Waals surface area (Å²) in [5.74, 6) is 1.35. The first-order chi connectivity index (χ1) is 14.3. The van der Waals surface area contributed by atoms with Crippen LogP contribution in [0, 0.1) is 0 Å². The van der Waals surface area contributed by atoms with Crippen molar-refractivity contribution in [3.63, 3.8) is 0 Å². The van der Waals surface area contributed by atoms with Gasteiger partial charge >= 0.3 is 0 Å². The second-order valence-electron chi connectivity index (χ2n) is 7.46. The Morgan fingerprint density at radius 2 is 1.93 bits per heavy atom. The van der Waals surface area contributed by atoms with E-state index in [1.807, 2.05) is 47.4 Å². The maximum absolute atomic E-state index is 13.3. The summed E-state index contributed by atoms with van der Waals surface area (Å²) in [6, 6.07) is 17.7. The third-order valence-electron chi connectivity index (χ3n) is 5.51. The van der Waals surface area contributed by atoms with Crippen LogP contribution in [0.2, 0.25) is 0 Å². The number of nitrogens with zero attached hydrogens (tertiary/aromatic N) is 3. The Balaban J connectivity index is 1.41. The minimum absolute atomic E-state index is 0.0741. The largest absolute Gasteiger partial charge is 0.443 e. The van der Waals surface area contributed by atoms with Gasteiger partial charge in [0.05, 0.1) is 11.7 Å². The molecule has 0 spiro atoms. The number of fused-ring (bicyclic) bond motifs is 1. The van der Waals surface area contributed by atoms with Crippen LogP contribution in [0.4, 0.5) is 0 Å². The predicted molar refractivity (Wildman–Crippen MR) is 109 cm³/mol. The number of aromatic amines is 1. The number of hydrogen-bond acceptors (Lipinski definition) is 4.